The Bertz CT molecular complexity index is 728. The van der Waals surface area contributed by atoms with Gasteiger partial charge in [0.15, 0.2) is 0 Å². The number of hydrogen-bond acceptors (Lipinski definition) is 5. The van der Waals surface area contributed by atoms with Gasteiger partial charge in [-0.25, -0.2) is 9.78 Å². The molecule has 1 aromatic heterocycles. The molecule has 0 aliphatic rings. The van der Waals surface area contributed by atoms with Gasteiger partial charge >= 0.3 is 5.97 Å². The molecule has 0 radical (unpaired) electrons. The Labute approximate surface area is 129 Å². The molecule has 0 saturated carbocycles. The van der Waals surface area contributed by atoms with E-state index in [2.05, 4.69) is 21.6 Å². The first-order valence-corrected chi connectivity index (χ1v) is 6.72. The van der Waals surface area contributed by atoms with Gasteiger partial charge < -0.3 is 15.2 Å². The highest BCUT2D eigenvalue weighted by molar-refractivity contribution is 5.87. The molecule has 0 aliphatic carbocycles. The summed E-state index contributed by atoms with van der Waals surface area (Å²) in [7, 11) is 1.31. The van der Waals surface area contributed by atoms with Crippen molar-refractivity contribution in [2.75, 3.05) is 19.5 Å². The number of rotatable bonds is 3. The van der Waals surface area contributed by atoms with E-state index in [1.807, 2.05) is 19.1 Å². The van der Waals surface area contributed by atoms with Gasteiger partial charge in [0.1, 0.15) is 11.4 Å². The van der Waals surface area contributed by atoms with Crippen LogP contribution in [0.15, 0.2) is 36.5 Å². The van der Waals surface area contributed by atoms with Crippen molar-refractivity contribution in [3.05, 3.63) is 53.3 Å². The summed E-state index contributed by atoms with van der Waals surface area (Å²) in [5.41, 5.74) is 8.13. The number of nitrogens with two attached hydrogens (primary N) is 1. The Morgan fingerprint density at radius 1 is 1.27 bits per heavy atom. The van der Waals surface area contributed by atoms with Gasteiger partial charge in [-0.05, 0) is 31.2 Å². The number of nitrogen functional groups attached to an aromatic ring is 1. The van der Waals surface area contributed by atoms with Crippen LogP contribution in [0.4, 0.5) is 5.69 Å². The van der Waals surface area contributed by atoms with Crippen molar-refractivity contribution in [1.29, 1.82) is 0 Å². The van der Waals surface area contributed by atoms with Crippen molar-refractivity contribution in [1.82, 2.24) is 4.98 Å². The summed E-state index contributed by atoms with van der Waals surface area (Å²) in [5.74, 6) is 6.17. The molecule has 22 heavy (non-hydrogen) atoms. The molecular formula is C17H16N2O3. The van der Waals surface area contributed by atoms with Crippen LogP contribution in [0.25, 0.3) is 0 Å². The topological polar surface area (TPSA) is 74.4 Å². The van der Waals surface area contributed by atoms with Gasteiger partial charge in [-0.3, -0.25) is 0 Å². The third-order valence-corrected chi connectivity index (χ3v) is 2.83. The number of carbonyl (C=O) groups is 1. The van der Waals surface area contributed by atoms with E-state index in [1.54, 1.807) is 18.2 Å². The van der Waals surface area contributed by atoms with Crippen molar-refractivity contribution in [2.45, 2.75) is 6.92 Å². The van der Waals surface area contributed by atoms with Crippen LogP contribution in [0.2, 0.25) is 0 Å². The normalized spacial score (nSPS) is 9.55. The SMILES string of the molecule is CCOc1ccc(C#Cc2ccc(C(=O)OC)nc2)c(N)c1. The molecule has 0 saturated heterocycles. The van der Waals surface area contributed by atoms with Gasteiger partial charge in [0.05, 0.1) is 19.4 Å². The summed E-state index contributed by atoms with van der Waals surface area (Å²) in [6, 6.07) is 8.65. The van der Waals surface area contributed by atoms with E-state index < -0.39 is 5.97 Å². The predicted molar refractivity (Wildman–Crippen MR) is 83.6 cm³/mol. The number of hydrogen-bond donors (Lipinski definition) is 1. The lowest BCUT2D eigenvalue weighted by atomic mass is 10.1. The van der Waals surface area contributed by atoms with Gasteiger partial charge in [-0.1, -0.05) is 11.8 Å². The van der Waals surface area contributed by atoms with E-state index in [-0.39, 0.29) is 5.69 Å². The molecule has 112 valence electrons. The van der Waals surface area contributed by atoms with Gasteiger partial charge in [0.2, 0.25) is 0 Å². The van der Waals surface area contributed by atoms with Gasteiger partial charge in [-0.15, -0.1) is 0 Å². The first-order valence-electron chi connectivity index (χ1n) is 6.72. The van der Waals surface area contributed by atoms with E-state index in [0.717, 1.165) is 5.75 Å². The van der Waals surface area contributed by atoms with E-state index >= 15 is 0 Å². The molecule has 0 aliphatic heterocycles. The molecular weight excluding hydrogens is 280 g/mol. The highest BCUT2D eigenvalue weighted by Gasteiger charge is 2.05. The standard InChI is InChI=1S/C17H16N2O3/c1-3-22-14-8-7-13(15(18)10-14)6-4-12-5-9-16(19-11-12)17(20)21-2/h5,7-11H,3,18H2,1-2H3. The third kappa shape index (κ3) is 3.76. The molecule has 0 spiro atoms. The molecule has 1 heterocycles. The molecule has 1 aromatic carbocycles. The fourth-order valence-corrected chi connectivity index (χ4v) is 1.74. The molecule has 2 aromatic rings. The number of nitrogens with zero attached hydrogens (tertiary/aromatic N) is 1. The highest BCUT2D eigenvalue weighted by atomic mass is 16.5. The molecule has 0 amide bonds. The Balaban J connectivity index is 2.18. The molecule has 0 atom stereocenters. The van der Waals surface area contributed by atoms with Crippen LogP contribution in [0.5, 0.6) is 5.75 Å². The number of pyridine rings is 1. The van der Waals surface area contributed by atoms with Crippen LogP contribution in [0.3, 0.4) is 0 Å². The molecule has 2 N–H and O–H groups in total. The maximum absolute atomic E-state index is 11.3. The average molecular weight is 296 g/mol. The summed E-state index contributed by atoms with van der Waals surface area (Å²) < 4.78 is 9.96. The first kappa shape index (κ1) is 15.4. The number of esters is 1. The van der Waals surface area contributed by atoms with Crippen LogP contribution in [0, 0.1) is 11.8 Å². The van der Waals surface area contributed by atoms with Crippen LogP contribution in [-0.4, -0.2) is 24.7 Å². The van der Waals surface area contributed by atoms with Gasteiger partial charge in [0.25, 0.3) is 0 Å². The third-order valence-electron chi connectivity index (χ3n) is 2.83. The van der Waals surface area contributed by atoms with Crippen molar-refractivity contribution < 1.29 is 14.3 Å². The quantitative estimate of drug-likeness (QED) is 0.534. The van der Waals surface area contributed by atoms with Crippen LogP contribution in [0.1, 0.15) is 28.5 Å². The van der Waals surface area contributed by atoms with Crippen molar-refractivity contribution in [2.24, 2.45) is 0 Å². The van der Waals surface area contributed by atoms with Crippen molar-refractivity contribution in [3.8, 4) is 17.6 Å². The maximum atomic E-state index is 11.3. The van der Waals surface area contributed by atoms with Crippen LogP contribution < -0.4 is 10.5 Å². The molecule has 2 rings (SSSR count). The summed E-state index contributed by atoms with van der Waals surface area (Å²) in [5, 5.41) is 0. The monoisotopic (exact) mass is 296 g/mol. The fraction of sp³-hybridized carbons (Fsp3) is 0.176. The number of methoxy groups -OCH3 is 1. The summed E-state index contributed by atoms with van der Waals surface area (Å²) in [6.45, 7) is 2.50. The number of ether oxygens (including phenoxy) is 2. The lowest BCUT2D eigenvalue weighted by Crippen LogP contribution is -2.03. The molecule has 5 heteroatoms. The minimum Gasteiger partial charge on any atom is -0.494 e. The largest absolute Gasteiger partial charge is 0.494 e. The van der Waals surface area contributed by atoms with Crippen molar-refractivity contribution >= 4 is 11.7 Å². The Morgan fingerprint density at radius 3 is 2.68 bits per heavy atom. The molecule has 0 unspecified atom stereocenters. The van der Waals surface area contributed by atoms with Crippen molar-refractivity contribution in [3.63, 3.8) is 0 Å². The number of aromatic nitrogens is 1. The second-order valence-corrected chi connectivity index (χ2v) is 4.36. The van der Waals surface area contributed by atoms with E-state index in [0.29, 0.717) is 23.4 Å². The second-order valence-electron chi connectivity index (χ2n) is 4.36. The fourth-order valence-electron chi connectivity index (χ4n) is 1.74. The number of benzene rings is 1. The van der Waals surface area contributed by atoms with Gasteiger partial charge in [-0.2, -0.15) is 0 Å². The predicted octanol–water partition coefficient (Wildman–Crippen LogP) is 2.25. The number of carbonyl (C=O) groups excluding carboxylic acids is 1. The second kappa shape index (κ2) is 7.14. The Hall–Kier alpha value is -3.00. The summed E-state index contributed by atoms with van der Waals surface area (Å²) >= 11 is 0. The zero-order chi connectivity index (χ0) is 15.9. The maximum Gasteiger partial charge on any atom is 0.356 e. The Morgan fingerprint density at radius 2 is 2.09 bits per heavy atom. The van der Waals surface area contributed by atoms with E-state index in [9.17, 15) is 4.79 Å². The zero-order valence-electron chi connectivity index (χ0n) is 12.4. The minimum atomic E-state index is -0.477. The number of anilines is 1. The lowest BCUT2D eigenvalue weighted by Gasteiger charge is -2.04. The van der Waals surface area contributed by atoms with E-state index in [4.69, 9.17) is 10.5 Å². The molecule has 0 fully saturated rings. The van der Waals surface area contributed by atoms with Gasteiger partial charge in [0, 0.05) is 23.4 Å². The first-order chi connectivity index (χ1) is 10.6. The lowest BCUT2D eigenvalue weighted by molar-refractivity contribution is 0.0594. The minimum absolute atomic E-state index is 0.244. The average Bonchev–Trinajstić information content (AvgIpc) is 2.54. The summed E-state index contributed by atoms with van der Waals surface area (Å²) in [6.07, 6.45) is 1.52. The highest BCUT2D eigenvalue weighted by Crippen LogP contribution is 2.19. The molecule has 0 bridgehead atoms. The zero-order valence-corrected chi connectivity index (χ0v) is 12.4. The smallest absolute Gasteiger partial charge is 0.356 e. The molecule has 5 nitrogen and oxygen atoms in total. The Kier molecular flexibility index (Phi) is 4.99. The summed E-state index contributed by atoms with van der Waals surface area (Å²) in [4.78, 5) is 15.3. The van der Waals surface area contributed by atoms with Crippen LogP contribution >= 0.6 is 0 Å². The van der Waals surface area contributed by atoms with E-state index in [1.165, 1.54) is 13.3 Å². The van der Waals surface area contributed by atoms with Crippen LogP contribution in [-0.2, 0) is 4.74 Å².